The van der Waals surface area contributed by atoms with Crippen molar-refractivity contribution in [2.75, 3.05) is 32.8 Å². The van der Waals surface area contributed by atoms with Crippen molar-refractivity contribution in [1.29, 1.82) is 0 Å². The average Bonchev–Trinajstić information content (AvgIpc) is 2.43. The minimum absolute atomic E-state index is 0.343. The Morgan fingerprint density at radius 3 is 2.36 bits per heavy atom. The fourth-order valence-electron chi connectivity index (χ4n) is 1.92. The highest BCUT2D eigenvalue weighted by Gasteiger charge is 2.05. The molecule has 5 nitrogen and oxygen atoms in total. The van der Waals surface area contributed by atoms with Crippen molar-refractivity contribution in [3.63, 3.8) is 0 Å². The van der Waals surface area contributed by atoms with E-state index in [1.54, 1.807) is 0 Å². The van der Waals surface area contributed by atoms with Crippen LogP contribution in [0.2, 0.25) is 0 Å². The number of nitrogens with one attached hydrogen (secondary N) is 2. The molecule has 0 fully saturated rings. The molecular formula is C17H37N3O2. The molecule has 3 N–H and O–H groups in total. The van der Waals surface area contributed by atoms with E-state index >= 15 is 0 Å². The number of aliphatic imine (C=N–C) groups is 1. The van der Waals surface area contributed by atoms with E-state index in [-0.39, 0.29) is 0 Å². The Kier molecular flexibility index (Phi) is 13.3. The SMILES string of the molecule is CCNC(=NCC(O)COCC(C)C)NCCCCC(C)C. The highest BCUT2D eigenvalue weighted by molar-refractivity contribution is 5.79. The molecule has 0 aromatic carbocycles. The molecule has 0 aliphatic heterocycles. The van der Waals surface area contributed by atoms with Gasteiger partial charge in [-0.05, 0) is 25.2 Å². The Morgan fingerprint density at radius 1 is 1.05 bits per heavy atom. The Morgan fingerprint density at radius 2 is 1.77 bits per heavy atom. The summed E-state index contributed by atoms with van der Waals surface area (Å²) in [5, 5.41) is 16.4. The van der Waals surface area contributed by atoms with Crippen molar-refractivity contribution in [2.45, 2.75) is 60.0 Å². The van der Waals surface area contributed by atoms with E-state index in [2.05, 4.69) is 43.3 Å². The van der Waals surface area contributed by atoms with Crippen LogP contribution in [0.25, 0.3) is 0 Å². The predicted molar refractivity (Wildman–Crippen MR) is 94.3 cm³/mol. The smallest absolute Gasteiger partial charge is 0.191 e. The van der Waals surface area contributed by atoms with Gasteiger partial charge in [0.2, 0.25) is 0 Å². The molecule has 0 bridgehead atoms. The van der Waals surface area contributed by atoms with Crippen molar-refractivity contribution in [3.05, 3.63) is 0 Å². The van der Waals surface area contributed by atoms with Crippen LogP contribution in [0.4, 0.5) is 0 Å². The first-order chi connectivity index (χ1) is 10.5. The molecule has 0 saturated carbocycles. The predicted octanol–water partition coefficient (Wildman–Crippen LogP) is 2.40. The molecule has 0 spiro atoms. The third-order valence-electron chi connectivity index (χ3n) is 3.07. The molecule has 0 heterocycles. The molecular weight excluding hydrogens is 278 g/mol. The minimum atomic E-state index is -0.546. The number of hydrogen-bond donors (Lipinski definition) is 3. The van der Waals surface area contributed by atoms with Gasteiger partial charge in [0.1, 0.15) is 0 Å². The average molecular weight is 316 g/mol. The molecule has 0 aromatic rings. The lowest BCUT2D eigenvalue weighted by molar-refractivity contribution is 0.0301. The maximum atomic E-state index is 9.86. The molecule has 0 aliphatic carbocycles. The van der Waals surface area contributed by atoms with Crippen LogP contribution < -0.4 is 10.6 Å². The van der Waals surface area contributed by atoms with Crippen molar-refractivity contribution in [1.82, 2.24) is 10.6 Å². The Labute approximate surface area is 136 Å². The lowest BCUT2D eigenvalue weighted by atomic mass is 10.1. The lowest BCUT2D eigenvalue weighted by Crippen LogP contribution is -2.38. The summed E-state index contributed by atoms with van der Waals surface area (Å²) in [5.74, 6) is 2.03. The number of rotatable bonds is 12. The van der Waals surface area contributed by atoms with E-state index in [0.717, 1.165) is 31.4 Å². The van der Waals surface area contributed by atoms with E-state index in [1.165, 1.54) is 12.8 Å². The second-order valence-electron chi connectivity index (χ2n) is 6.62. The van der Waals surface area contributed by atoms with E-state index in [9.17, 15) is 5.11 Å². The minimum Gasteiger partial charge on any atom is -0.389 e. The molecule has 0 aliphatic rings. The molecule has 0 rings (SSSR count). The highest BCUT2D eigenvalue weighted by Crippen LogP contribution is 2.05. The van der Waals surface area contributed by atoms with Gasteiger partial charge in [-0.1, -0.05) is 40.5 Å². The maximum absolute atomic E-state index is 9.86. The van der Waals surface area contributed by atoms with Gasteiger partial charge in [0.15, 0.2) is 5.96 Å². The maximum Gasteiger partial charge on any atom is 0.191 e. The van der Waals surface area contributed by atoms with Crippen molar-refractivity contribution in [3.8, 4) is 0 Å². The van der Waals surface area contributed by atoms with Crippen LogP contribution in [0.5, 0.6) is 0 Å². The van der Waals surface area contributed by atoms with Crippen molar-refractivity contribution < 1.29 is 9.84 Å². The molecule has 5 heteroatoms. The van der Waals surface area contributed by atoms with Crippen LogP contribution in [-0.2, 0) is 4.74 Å². The van der Waals surface area contributed by atoms with E-state index in [4.69, 9.17) is 4.74 Å². The summed E-state index contributed by atoms with van der Waals surface area (Å²) in [6.45, 7) is 13.8. The van der Waals surface area contributed by atoms with E-state index in [1.807, 2.05) is 6.92 Å². The zero-order chi connectivity index (χ0) is 16.8. The molecule has 22 heavy (non-hydrogen) atoms. The third-order valence-corrected chi connectivity index (χ3v) is 3.07. The van der Waals surface area contributed by atoms with Gasteiger partial charge in [0, 0.05) is 19.7 Å². The fourth-order valence-corrected chi connectivity index (χ4v) is 1.92. The van der Waals surface area contributed by atoms with Crippen LogP contribution >= 0.6 is 0 Å². The first-order valence-electron chi connectivity index (χ1n) is 8.73. The molecule has 132 valence electrons. The molecule has 1 unspecified atom stereocenters. The van der Waals surface area contributed by atoms with Gasteiger partial charge in [0.05, 0.1) is 19.3 Å². The molecule has 0 radical (unpaired) electrons. The zero-order valence-corrected chi connectivity index (χ0v) is 15.2. The fraction of sp³-hybridized carbons (Fsp3) is 0.941. The Balaban J connectivity index is 3.93. The number of aliphatic hydroxyl groups excluding tert-OH is 1. The summed E-state index contributed by atoms with van der Waals surface area (Å²) in [6.07, 6.45) is 3.09. The van der Waals surface area contributed by atoms with Crippen LogP contribution in [0.1, 0.15) is 53.9 Å². The normalized spacial score (nSPS) is 13.7. The summed E-state index contributed by atoms with van der Waals surface area (Å²) in [5.41, 5.74) is 0. The molecule has 0 amide bonds. The van der Waals surface area contributed by atoms with Gasteiger partial charge in [0.25, 0.3) is 0 Å². The summed E-state index contributed by atoms with van der Waals surface area (Å²) in [6, 6.07) is 0. The van der Waals surface area contributed by atoms with Gasteiger partial charge in [-0.15, -0.1) is 0 Å². The molecule has 1 atom stereocenters. The van der Waals surface area contributed by atoms with Gasteiger partial charge < -0.3 is 20.5 Å². The van der Waals surface area contributed by atoms with E-state index < -0.39 is 6.10 Å². The first kappa shape index (κ1) is 21.2. The first-order valence-corrected chi connectivity index (χ1v) is 8.73. The number of aliphatic hydroxyl groups is 1. The Bertz CT molecular complexity index is 281. The molecule has 0 saturated heterocycles. The van der Waals surface area contributed by atoms with Crippen molar-refractivity contribution >= 4 is 5.96 Å². The number of guanidine groups is 1. The second kappa shape index (κ2) is 13.8. The summed E-state index contributed by atoms with van der Waals surface area (Å²) in [7, 11) is 0. The van der Waals surface area contributed by atoms with Crippen LogP contribution in [0, 0.1) is 11.8 Å². The van der Waals surface area contributed by atoms with Gasteiger partial charge in [-0.25, -0.2) is 0 Å². The topological polar surface area (TPSA) is 65.9 Å². The summed E-state index contributed by atoms with van der Waals surface area (Å²) >= 11 is 0. The van der Waals surface area contributed by atoms with Gasteiger partial charge >= 0.3 is 0 Å². The highest BCUT2D eigenvalue weighted by atomic mass is 16.5. The summed E-state index contributed by atoms with van der Waals surface area (Å²) < 4.78 is 5.42. The van der Waals surface area contributed by atoms with Crippen molar-refractivity contribution in [2.24, 2.45) is 16.8 Å². The number of ether oxygens (including phenoxy) is 1. The zero-order valence-electron chi connectivity index (χ0n) is 15.2. The van der Waals surface area contributed by atoms with Gasteiger partial charge in [-0.2, -0.15) is 0 Å². The number of hydrogen-bond acceptors (Lipinski definition) is 3. The van der Waals surface area contributed by atoms with E-state index in [0.29, 0.717) is 25.7 Å². The number of nitrogens with zero attached hydrogens (tertiary/aromatic N) is 1. The largest absolute Gasteiger partial charge is 0.389 e. The monoisotopic (exact) mass is 315 g/mol. The van der Waals surface area contributed by atoms with Crippen LogP contribution in [0.15, 0.2) is 4.99 Å². The lowest BCUT2D eigenvalue weighted by Gasteiger charge is -2.14. The van der Waals surface area contributed by atoms with Gasteiger partial charge in [-0.3, -0.25) is 4.99 Å². The molecule has 0 aromatic heterocycles. The Hall–Kier alpha value is -0.810. The van der Waals surface area contributed by atoms with Crippen LogP contribution in [0.3, 0.4) is 0 Å². The second-order valence-corrected chi connectivity index (χ2v) is 6.62. The number of unbranched alkanes of at least 4 members (excludes halogenated alkanes) is 1. The quantitative estimate of drug-likeness (QED) is 0.294. The summed E-state index contributed by atoms with van der Waals surface area (Å²) in [4.78, 5) is 4.41. The standard InChI is InChI=1S/C17H37N3O2/c1-6-18-17(19-10-8-7-9-14(2)3)20-11-16(21)13-22-12-15(4)5/h14-16,21H,6-13H2,1-5H3,(H2,18,19,20). The van der Waals surface area contributed by atoms with Crippen LogP contribution in [-0.4, -0.2) is 50.0 Å². The third kappa shape index (κ3) is 14.1.